The zero-order chi connectivity index (χ0) is 26.4. The third-order valence-electron chi connectivity index (χ3n) is 6.47. The monoisotopic (exact) mass is 495 g/mol. The highest BCUT2D eigenvalue weighted by Gasteiger charge is 2.31. The number of nitrogens with one attached hydrogen (secondary N) is 1. The van der Waals surface area contributed by atoms with Crippen LogP contribution in [0.1, 0.15) is 78.5 Å². The third-order valence-corrected chi connectivity index (χ3v) is 7.27. The van der Waals surface area contributed by atoms with Gasteiger partial charge in [0.2, 0.25) is 0 Å². The average Bonchev–Trinajstić information content (AvgIpc) is 3.45. The van der Waals surface area contributed by atoms with Crippen molar-refractivity contribution in [3.05, 3.63) is 60.0 Å². The highest BCUT2D eigenvalue weighted by atomic mass is 32.1. The van der Waals surface area contributed by atoms with Crippen molar-refractivity contribution in [3.63, 3.8) is 0 Å². The van der Waals surface area contributed by atoms with Crippen LogP contribution in [-0.2, 0) is 0 Å². The summed E-state index contributed by atoms with van der Waals surface area (Å²) < 4.78 is 0. The van der Waals surface area contributed by atoms with E-state index in [2.05, 4.69) is 53.7 Å². The third kappa shape index (κ3) is 8.46. The van der Waals surface area contributed by atoms with Crippen molar-refractivity contribution in [3.8, 4) is 10.7 Å². The molecule has 3 N–H and O–H groups in total. The zero-order valence-electron chi connectivity index (χ0n) is 22.9. The van der Waals surface area contributed by atoms with E-state index in [1.54, 1.807) is 23.6 Å². The number of pyridine rings is 2. The molecule has 192 valence electrons. The van der Waals surface area contributed by atoms with Crippen LogP contribution in [0.4, 0.5) is 11.4 Å². The minimum Gasteiger partial charge on any atom is -0.397 e. The Morgan fingerprint density at radius 3 is 2.23 bits per heavy atom. The van der Waals surface area contributed by atoms with Crippen LogP contribution in [0.5, 0.6) is 0 Å². The van der Waals surface area contributed by atoms with Gasteiger partial charge in [-0.1, -0.05) is 55.0 Å². The van der Waals surface area contributed by atoms with Gasteiger partial charge in [0.15, 0.2) is 0 Å². The Morgan fingerprint density at radius 2 is 1.69 bits per heavy atom. The van der Waals surface area contributed by atoms with Gasteiger partial charge in [0, 0.05) is 24.8 Å². The minimum atomic E-state index is 0.639. The van der Waals surface area contributed by atoms with Gasteiger partial charge in [-0.3, -0.25) is 4.98 Å². The molecule has 0 bridgehead atoms. The molecule has 1 aliphatic carbocycles. The van der Waals surface area contributed by atoms with E-state index in [9.17, 15) is 0 Å². The number of thiazole rings is 1. The number of nitrogens with zero attached hydrogens (tertiary/aromatic N) is 3. The maximum absolute atomic E-state index is 5.70. The lowest BCUT2D eigenvalue weighted by Crippen LogP contribution is -2.27. The number of hydrogen-bond acceptors (Lipinski definition) is 6. The number of nitrogens with two attached hydrogens (primary N) is 1. The van der Waals surface area contributed by atoms with Crippen molar-refractivity contribution in [1.82, 2.24) is 15.0 Å². The van der Waals surface area contributed by atoms with Crippen LogP contribution in [0.15, 0.2) is 48.7 Å². The average molecular weight is 496 g/mol. The molecular weight excluding hydrogens is 450 g/mol. The molecule has 0 aromatic carbocycles. The summed E-state index contributed by atoms with van der Waals surface area (Å²) in [5.74, 6) is 3.19. The molecule has 2 unspecified atom stereocenters. The maximum atomic E-state index is 5.70. The molecule has 4 rings (SSSR count). The Bertz CT molecular complexity index is 974. The van der Waals surface area contributed by atoms with Crippen LogP contribution in [0, 0.1) is 17.8 Å². The largest absolute Gasteiger partial charge is 0.397 e. The van der Waals surface area contributed by atoms with E-state index in [0.29, 0.717) is 17.3 Å². The summed E-state index contributed by atoms with van der Waals surface area (Å²) >= 11 is 1.55. The van der Waals surface area contributed by atoms with Gasteiger partial charge in [0.1, 0.15) is 5.01 Å². The van der Waals surface area contributed by atoms with Crippen molar-refractivity contribution < 1.29 is 0 Å². The van der Waals surface area contributed by atoms with Crippen LogP contribution >= 0.6 is 11.3 Å². The van der Waals surface area contributed by atoms with E-state index in [-0.39, 0.29) is 0 Å². The fraction of sp³-hybridized carbons (Fsp3) is 0.483. The Kier molecular flexibility index (Phi) is 13.9. The van der Waals surface area contributed by atoms with Gasteiger partial charge in [0.05, 0.1) is 29.0 Å². The van der Waals surface area contributed by atoms with Crippen LogP contribution in [0.3, 0.4) is 0 Å². The normalized spacial score (nSPS) is 20.6. The summed E-state index contributed by atoms with van der Waals surface area (Å²) in [6.45, 7) is 18.8. The molecule has 5 nitrogen and oxygen atoms in total. The molecule has 1 fully saturated rings. The molecule has 3 aromatic rings. The standard InChI is InChI=1S/C15H24N2.C10H9N3S.2C2H6/c1-10-7-13(8-11(2)12(10)3)14-5-6-17-9-15(14)16-4;1-2-8-7(11)3-4-9(13-8)10-12-5-6-14-10;2*1-2/h5-6,9-13,16H,7-8H2,1-4H3;2-6H,1,11H2;2*1-2H3. The highest BCUT2D eigenvalue weighted by molar-refractivity contribution is 7.13. The van der Waals surface area contributed by atoms with Gasteiger partial charge >= 0.3 is 0 Å². The Morgan fingerprint density at radius 1 is 1.03 bits per heavy atom. The van der Waals surface area contributed by atoms with Crippen molar-refractivity contribution in [2.45, 2.75) is 67.2 Å². The van der Waals surface area contributed by atoms with E-state index < -0.39 is 0 Å². The fourth-order valence-electron chi connectivity index (χ4n) is 4.33. The Balaban J connectivity index is 0.000000311. The number of anilines is 2. The lowest BCUT2D eigenvalue weighted by atomic mass is 9.68. The second-order valence-electron chi connectivity index (χ2n) is 8.41. The second-order valence-corrected chi connectivity index (χ2v) is 9.30. The summed E-state index contributed by atoms with van der Waals surface area (Å²) in [7, 11) is 1.98. The molecule has 0 aliphatic heterocycles. The molecule has 6 heteroatoms. The lowest BCUT2D eigenvalue weighted by molar-refractivity contribution is 0.176. The van der Waals surface area contributed by atoms with E-state index >= 15 is 0 Å². The van der Waals surface area contributed by atoms with E-state index in [0.717, 1.165) is 28.5 Å². The number of aromatic nitrogens is 3. The van der Waals surface area contributed by atoms with Crippen molar-refractivity contribution >= 4 is 28.8 Å². The molecule has 0 spiro atoms. The van der Waals surface area contributed by atoms with E-state index in [1.807, 2.05) is 64.6 Å². The summed E-state index contributed by atoms with van der Waals surface area (Å²) in [6.07, 6.45) is 9.89. The predicted octanol–water partition coefficient (Wildman–Crippen LogP) is 8.39. The smallest absolute Gasteiger partial charge is 0.141 e. The summed E-state index contributed by atoms with van der Waals surface area (Å²) in [4.78, 5) is 12.7. The summed E-state index contributed by atoms with van der Waals surface area (Å²) in [5.41, 5.74) is 10.5. The van der Waals surface area contributed by atoms with Crippen molar-refractivity contribution in [2.75, 3.05) is 18.1 Å². The Labute approximate surface area is 217 Å². The molecule has 0 radical (unpaired) electrons. The first-order valence-corrected chi connectivity index (χ1v) is 13.7. The van der Waals surface area contributed by atoms with Gasteiger partial charge in [0.25, 0.3) is 0 Å². The quantitative estimate of drug-likeness (QED) is 0.380. The Hall–Kier alpha value is -2.73. The highest BCUT2D eigenvalue weighted by Crippen LogP contribution is 2.44. The first kappa shape index (κ1) is 30.3. The number of rotatable bonds is 4. The molecule has 1 saturated carbocycles. The van der Waals surface area contributed by atoms with Crippen LogP contribution < -0.4 is 11.1 Å². The molecule has 0 saturated heterocycles. The van der Waals surface area contributed by atoms with Gasteiger partial charge in [-0.2, -0.15) is 0 Å². The van der Waals surface area contributed by atoms with Crippen LogP contribution in [0.25, 0.3) is 16.8 Å². The summed E-state index contributed by atoms with van der Waals surface area (Å²) in [6, 6.07) is 5.87. The van der Waals surface area contributed by atoms with Gasteiger partial charge < -0.3 is 11.1 Å². The van der Waals surface area contributed by atoms with Gasteiger partial charge in [-0.25, -0.2) is 9.97 Å². The summed E-state index contributed by atoms with van der Waals surface area (Å²) in [5, 5.41) is 6.09. The van der Waals surface area contributed by atoms with Crippen LogP contribution in [0.2, 0.25) is 0 Å². The number of nitrogen functional groups attached to an aromatic ring is 1. The topological polar surface area (TPSA) is 76.7 Å². The van der Waals surface area contributed by atoms with Gasteiger partial charge in [-0.15, -0.1) is 11.3 Å². The zero-order valence-corrected chi connectivity index (χ0v) is 23.7. The van der Waals surface area contributed by atoms with Gasteiger partial charge in [-0.05, 0) is 66.4 Å². The first-order valence-electron chi connectivity index (χ1n) is 12.8. The SMILES string of the molecule is C=Cc1nc(-c2nccs2)ccc1N.CC.CC.CNc1cnccc1C1CC(C)C(C)C(C)C1. The van der Waals surface area contributed by atoms with Crippen LogP contribution in [-0.4, -0.2) is 22.0 Å². The number of hydrogen-bond donors (Lipinski definition) is 2. The second kappa shape index (κ2) is 16.0. The predicted molar refractivity (Wildman–Crippen MR) is 156 cm³/mol. The van der Waals surface area contributed by atoms with Crippen molar-refractivity contribution in [1.29, 1.82) is 0 Å². The van der Waals surface area contributed by atoms with E-state index in [4.69, 9.17) is 5.73 Å². The molecule has 35 heavy (non-hydrogen) atoms. The first-order chi connectivity index (χ1) is 16.9. The molecule has 1 aliphatic rings. The van der Waals surface area contributed by atoms with Crippen molar-refractivity contribution in [2.24, 2.45) is 17.8 Å². The maximum Gasteiger partial charge on any atom is 0.141 e. The lowest BCUT2D eigenvalue weighted by Gasteiger charge is -2.38. The molecule has 3 aromatic heterocycles. The fourth-order valence-corrected chi connectivity index (χ4v) is 4.93. The molecular formula is C29H45N5S. The van der Waals surface area contributed by atoms with E-state index in [1.165, 1.54) is 24.1 Å². The molecule has 3 heterocycles. The molecule has 2 atom stereocenters. The molecule has 0 amide bonds. The minimum absolute atomic E-state index is 0.639.